The van der Waals surface area contributed by atoms with Gasteiger partial charge in [0.25, 0.3) is 0 Å². The highest BCUT2D eigenvalue weighted by molar-refractivity contribution is 7.90. The lowest BCUT2D eigenvalue weighted by Gasteiger charge is -2.06. The Balaban J connectivity index is 2.14. The molecule has 3 aromatic rings. The minimum atomic E-state index is -3.52. The maximum Gasteiger partial charge on any atom is 0.228 e. The third-order valence-corrected chi connectivity index (χ3v) is 4.13. The monoisotopic (exact) mass is 303 g/mol. The van der Waals surface area contributed by atoms with E-state index in [-0.39, 0.29) is 17.5 Å². The second-order valence-electron chi connectivity index (χ2n) is 4.75. The number of ketones is 1. The van der Waals surface area contributed by atoms with Crippen molar-refractivity contribution in [1.82, 2.24) is 14.5 Å². The highest BCUT2D eigenvalue weighted by Crippen LogP contribution is 2.20. The van der Waals surface area contributed by atoms with E-state index in [2.05, 4.69) is 9.97 Å². The topological polar surface area (TPSA) is 84.8 Å². The predicted molar refractivity (Wildman–Crippen MR) is 78.0 cm³/mol. The molecule has 1 N–H and O–H groups in total. The Bertz CT molecular complexity index is 908. The first-order valence-electron chi connectivity index (χ1n) is 6.29. The molecular weight excluding hydrogens is 290 g/mol. The first kappa shape index (κ1) is 13.6. The van der Waals surface area contributed by atoms with E-state index in [0.717, 1.165) is 6.26 Å². The number of nitrogens with zero attached hydrogens (tertiary/aromatic N) is 2. The number of carbonyl (C=O) groups excluding carboxylic acids is 1. The highest BCUT2D eigenvalue weighted by Gasteiger charge is 2.21. The Morgan fingerprint density at radius 1 is 1.24 bits per heavy atom. The summed E-state index contributed by atoms with van der Waals surface area (Å²) in [5.74, 6) is -0.201. The second kappa shape index (κ2) is 4.85. The maximum atomic E-state index is 12.2. The van der Waals surface area contributed by atoms with Crippen LogP contribution in [0.25, 0.3) is 11.0 Å². The molecule has 0 fully saturated rings. The smallest absolute Gasteiger partial charge is 0.228 e. The minimum absolute atomic E-state index is 0.0799. The van der Waals surface area contributed by atoms with E-state index < -0.39 is 9.84 Å². The Morgan fingerprint density at radius 3 is 2.67 bits per heavy atom. The number of sulfone groups is 1. The summed E-state index contributed by atoms with van der Waals surface area (Å²) in [6.45, 7) is -0.0799. The first-order valence-corrected chi connectivity index (χ1v) is 8.18. The molecule has 2 aromatic heterocycles. The molecule has 0 bridgehead atoms. The lowest BCUT2D eigenvalue weighted by Crippen LogP contribution is -2.16. The van der Waals surface area contributed by atoms with Gasteiger partial charge < -0.3 is 9.55 Å². The number of carbonyl (C=O) groups is 1. The van der Waals surface area contributed by atoms with E-state index >= 15 is 0 Å². The number of rotatable bonds is 4. The molecule has 0 spiro atoms. The Kier molecular flexibility index (Phi) is 3.13. The van der Waals surface area contributed by atoms with E-state index in [1.807, 2.05) is 0 Å². The van der Waals surface area contributed by atoms with Crippen LogP contribution in [0.3, 0.4) is 0 Å². The van der Waals surface area contributed by atoms with Crippen molar-refractivity contribution >= 4 is 26.7 Å². The fourth-order valence-electron chi connectivity index (χ4n) is 2.22. The van der Waals surface area contributed by atoms with Crippen LogP contribution in [0.2, 0.25) is 0 Å². The second-order valence-corrected chi connectivity index (χ2v) is 6.66. The van der Waals surface area contributed by atoms with Gasteiger partial charge in [0, 0.05) is 12.5 Å². The predicted octanol–water partition coefficient (Wildman–Crippen LogP) is 1.65. The normalized spacial score (nSPS) is 11.9. The maximum absolute atomic E-state index is 12.2. The molecule has 0 unspecified atom stereocenters. The summed E-state index contributed by atoms with van der Waals surface area (Å²) in [6.07, 6.45) is 2.74. The standard InChI is InChI=1S/C14H13N3O3S/c1-21(19,20)14-16-10-5-2-3-7-12(10)17(14)9-13(18)11-6-4-8-15-11/h2-8,15H,9H2,1H3. The lowest BCUT2D eigenvalue weighted by molar-refractivity contribution is 0.0966. The molecule has 108 valence electrons. The molecule has 7 heteroatoms. The molecule has 0 amide bonds. The number of imidazole rings is 1. The molecule has 2 heterocycles. The minimum Gasteiger partial charge on any atom is -0.359 e. The van der Waals surface area contributed by atoms with Crippen LogP contribution >= 0.6 is 0 Å². The van der Waals surface area contributed by atoms with Gasteiger partial charge in [-0.05, 0) is 24.3 Å². The van der Waals surface area contributed by atoms with Gasteiger partial charge in [0.1, 0.15) is 0 Å². The van der Waals surface area contributed by atoms with Crippen LogP contribution in [0.1, 0.15) is 10.5 Å². The van der Waals surface area contributed by atoms with Gasteiger partial charge in [0.2, 0.25) is 15.0 Å². The average Bonchev–Trinajstić information content (AvgIpc) is 3.06. The Labute approximate surface area is 121 Å². The van der Waals surface area contributed by atoms with Crippen LogP contribution in [-0.4, -0.2) is 35.0 Å². The molecule has 0 aliphatic heterocycles. The zero-order valence-electron chi connectivity index (χ0n) is 11.3. The van der Waals surface area contributed by atoms with Crippen LogP contribution in [0.5, 0.6) is 0 Å². The fourth-order valence-corrected chi connectivity index (χ4v) is 3.05. The van der Waals surface area contributed by atoms with Crippen LogP contribution < -0.4 is 0 Å². The summed E-state index contributed by atoms with van der Waals surface area (Å²) in [5, 5.41) is -0.0939. The molecule has 0 radical (unpaired) electrons. The number of Topliss-reactive ketones (excluding diaryl/α,β-unsaturated/α-hetero) is 1. The highest BCUT2D eigenvalue weighted by atomic mass is 32.2. The van der Waals surface area contributed by atoms with E-state index in [1.54, 1.807) is 42.6 Å². The average molecular weight is 303 g/mol. The van der Waals surface area contributed by atoms with Gasteiger partial charge in [-0.3, -0.25) is 4.79 Å². The van der Waals surface area contributed by atoms with Crippen LogP contribution in [0.4, 0.5) is 0 Å². The number of benzene rings is 1. The van der Waals surface area contributed by atoms with Gasteiger partial charge in [-0.2, -0.15) is 0 Å². The van der Waals surface area contributed by atoms with Crippen molar-refractivity contribution in [3.8, 4) is 0 Å². The van der Waals surface area contributed by atoms with Crippen molar-refractivity contribution in [2.45, 2.75) is 11.7 Å². The molecule has 3 rings (SSSR count). The Morgan fingerprint density at radius 2 is 2.00 bits per heavy atom. The number of hydrogen-bond donors (Lipinski definition) is 1. The number of hydrogen-bond acceptors (Lipinski definition) is 4. The molecule has 6 nitrogen and oxygen atoms in total. The van der Waals surface area contributed by atoms with Crippen molar-refractivity contribution in [3.05, 3.63) is 48.3 Å². The van der Waals surface area contributed by atoms with E-state index in [4.69, 9.17) is 0 Å². The summed E-state index contributed by atoms with van der Waals surface area (Å²) >= 11 is 0. The number of para-hydroxylation sites is 2. The van der Waals surface area contributed by atoms with Gasteiger partial charge in [-0.15, -0.1) is 0 Å². The number of nitrogens with one attached hydrogen (secondary N) is 1. The van der Waals surface area contributed by atoms with Gasteiger partial charge in [0.05, 0.1) is 23.3 Å². The number of fused-ring (bicyclic) bond motifs is 1. The summed E-state index contributed by atoms with van der Waals surface area (Å²) in [5.41, 5.74) is 1.61. The third-order valence-electron chi connectivity index (χ3n) is 3.15. The van der Waals surface area contributed by atoms with E-state index in [0.29, 0.717) is 16.7 Å². The van der Waals surface area contributed by atoms with Crippen LogP contribution in [0.15, 0.2) is 47.8 Å². The summed E-state index contributed by atoms with van der Waals surface area (Å²) in [6, 6.07) is 10.4. The summed E-state index contributed by atoms with van der Waals surface area (Å²) in [7, 11) is -3.52. The van der Waals surface area contributed by atoms with Gasteiger partial charge in [0.15, 0.2) is 5.78 Å². The van der Waals surface area contributed by atoms with Crippen molar-refractivity contribution in [3.63, 3.8) is 0 Å². The van der Waals surface area contributed by atoms with Crippen molar-refractivity contribution < 1.29 is 13.2 Å². The largest absolute Gasteiger partial charge is 0.359 e. The van der Waals surface area contributed by atoms with Crippen molar-refractivity contribution in [1.29, 1.82) is 0 Å². The molecule has 0 saturated heterocycles. The number of aromatic nitrogens is 3. The van der Waals surface area contributed by atoms with Gasteiger partial charge in [-0.25, -0.2) is 13.4 Å². The SMILES string of the molecule is CS(=O)(=O)c1nc2ccccc2n1CC(=O)c1ccc[nH]1. The molecule has 0 aliphatic rings. The molecule has 0 saturated carbocycles. The molecule has 1 aromatic carbocycles. The molecule has 0 atom stereocenters. The van der Waals surface area contributed by atoms with Crippen LogP contribution in [0, 0.1) is 0 Å². The third kappa shape index (κ3) is 2.47. The fraction of sp³-hybridized carbons (Fsp3) is 0.143. The molecule has 21 heavy (non-hydrogen) atoms. The van der Waals surface area contributed by atoms with Crippen LogP contribution in [-0.2, 0) is 16.4 Å². The lowest BCUT2D eigenvalue weighted by atomic mass is 10.2. The zero-order chi connectivity index (χ0) is 15.0. The zero-order valence-corrected chi connectivity index (χ0v) is 12.1. The first-order chi connectivity index (χ1) is 9.97. The van der Waals surface area contributed by atoms with E-state index in [1.165, 1.54) is 4.57 Å². The summed E-state index contributed by atoms with van der Waals surface area (Å²) < 4.78 is 25.2. The molecule has 0 aliphatic carbocycles. The summed E-state index contributed by atoms with van der Waals surface area (Å²) in [4.78, 5) is 19.2. The quantitative estimate of drug-likeness (QED) is 0.743. The van der Waals surface area contributed by atoms with E-state index in [9.17, 15) is 13.2 Å². The van der Waals surface area contributed by atoms with Crippen molar-refractivity contribution in [2.75, 3.05) is 6.26 Å². The molecular formula is C14H13N3O3S. The number of aromatic amines is 1. The number of H-pyrrole nitrogens is 1. The Hall–Kier alpha value is -2.41. The van der Waals surface area contributed by atoms with Crippen molar-refractivity contribution in [2.24, 2.45) is 0 Å². The van der Waals surface area contributed by atoms with Gasteiger partial charge in [-0.1, -0.05) is 12.1 Å². The van der Waals surface area contributed by atoms with Gasteiger partial charge >= 0.3 is 0 Å².